The van der Waals surface area contributed by atoms with Crippen LogP contribution in [-0.4, -0.2) is 71.8 Å². The van der Waals surface area contributed by atoms with Crippen molar-refractivity contribution in [2.45, 2.75) is 37.8 Å². The Kier molecular flexibility index (Phi) is 4.59. The van der Waals surface area contributed by atoms with Crippen molar-refractivity contribution in [2.24, 2.45) is 17.8 Å². The third-order valence-corrected chi connectivity index (χ3v) is 6.73. The molecule has 7 heteroatoms. The normalized spacial score (nSPS) is 30.2. The fraction of sp³-hybridized carbons (Fsp3) is 0.667. The number of pyridine rings is 1. The second kappa shape index (κ2) is 7.12. The first-order valence-electron chi connectivity index (χ1n) is 10.4. The second-order valence-corrected chi connectivity index (χ2v) is 8.93. The summed E-state index contributed by atoms with van der Waals surface area (Å²) < 4.78 is 11.7. The molecule has 0 bridgehead atoms. The Balaban J connectivity index is 1.30. The molecule has 150 valence electrons. The van der Waals surface area contributed by atoms with Gasteiger partial charge in [0.1, 0.15) is 0 Å². The van der Waals surface area contributed by atoms with Gasteiger partial charge in [0.15, 0.2) is 0 Å². The summed E-state index contributed by atoms with van der Waals surface area (Å²) in [6, 6.07) is 4.08. The molecule has 2 aromatic heterocycles. The highest BCUT2D eigenvalue weighted by molar-refractivity contribution is 6.02. The zero-order valence-electron chi connectivity index (χ0n) is 16.6. The van der Waals surface area contributed by atoms with E-state index < -0.39 is 0 Å². The maximum absolute atomic E-state index is 13.1. The summed E-state index contributed by atoms with van der Waals surface area (Å²) in [6.45, 7) is 2.45. The molecule has 0 unspecified atom stereocenters. The Labute approximate surface area is 165 Å². The molecule has 1 aliphatic heterocycles. The highest BCUT2D eigenvalue weighted by Crippen LogP contribution is 2.40. The first-order valence-corrected chi connectivity index (χ1v) is 10.4. The van der Waals surface area contributed by atoms with E-state index >= 15 is 0 Å². The van der Waals surface area contributed by atoms with Gasteiger partial charge >= 0.3 is 0 Å². The summed E-state index contributed by atoms with van der Waals surface area (Å²) in [5.41, 5.74) is 0.490. The lowest BCUT2D eigenvalue weighted by molar-refractivity contribution is -0.0493. The van der Waals surface area contributed by atoms with Crippen molar-refractivity contribution < 1.29 is 14.1 Å². The van der Waals surface area contributed by atoms with Crippen LogP contribution in [0, 0.1) is 17.8 Å². The van der Waals surface area contributed by atoms with Crippen LogP contribution < -0.4 is 0 Å². The molecule has 3 heterocycles. The third-order valence-electron chi connectivity index (χ3n) is 6.73. The van der Waals surface area contributed by atoms with Crippen LogP contribution in [0.2, 0.25) is 0 Å². The molecule has 2 aliphatic carbocycles. The SMILES string of the molecule is CN(C)[C@@H]1C[C@@H]2CN(C(=O)c3onc4ncccc34)C[C@@H]2C[C@H]1OCC1CC1. The maximum Gasteiger partial charge on any atom is 0.293 e. The van der Waals surface area contributed by atoms with Crippen LogP contribution >= 0.6 is 0 Å². The van der Waals surface area contributed by atoms with Crippen molar-refractivity contribution in [3.8, 4) is 0 Å². The van der Waals surface area contributed by atoms with E-state index in [1.165, 1.54) is 12.8 Å². The minimum absolute atomic E-state index is 0.0678. The Morgan fingerprint density at radius 2 is 2.07 bits per heavy atom. The minimum Gasteiger partial charge on any atom is -0.376 e. The minimum atomic E-state index is -0.0678. The largest absolute Gasteiger partial charge is 0.376 e. The topological polar surface area (TPSA) is 71.7 Å². The molecule has 7 nitrogen and oxygen atoms in total. The quantitative estimate of drug-likeness (QED) is 0.788. The van der Waals surface area contributed by atoms with E-state index in [1.807, 2.05) is 17.0 Å². The van der Waals surface area contributed by atoms with Crippen LogP contribution in [0.25, 0.3) is 11.0 Å². The monoisotopic (exact) mass is 384 g/mol. The molecule has 4 atom stereocenters. The molecule has 5 rings (SSSR count). The maximum atomic E-state index is 13.1. The number of ether oxygens (including phenoxy) is 1. The molecular formula is C21H28N4O3. The number of hydrogen-bond acceptors (Lipinski definition) is 6. The Hall–Kier alpha value is -1.99. The second-order valence-electron chi connectivity index (χ2n) is 8.93. The molecular weight excluding hydrogens is 356 g/mol. The molecule has 0 spiro atoms. The summed E-state index contributed by atoms with van der Waals surface area (Å²) in [7, 11) is 4.29. The van der Waals surface area contributed by atoms with Gasteiger partial charge in [-0.2, -0.15) is 0 Å². The number of nitrogens with zero attached hydrogens (tertiary/aromatic N) is 4. The number of amides is 1. The Bertz CT molecular complexity index is 862. The van der Waals surface area contributed by atoms with E-state index in [2.05, 4.69) is 29.1 Å². The zero-order valence-corrected chi connectivity index (χ0v) is 16.6. The van der Waals surface area contributed by atoms with Gasteiger partial charge in [0.2, 0.25) is 11.4 Å². The molecule has 3 aliphatic rings. The summed E-state index contributed by atoms with van der Waals surface area (Å²) in [4.78, 5) is 21.5. The average molecular weight is 384 g/mol. The van der Waals surface area contributed by atoms with Crippen molar-refractivity contribution >= 4 is 16.9 Å². The van der Waals surface area contributed by atoms with Crippen LogP contribution in [0.4, 0.5) is 0 Å². The molecule has 0 aromatic carbocycles. The molecule has 2 saturated carbocycles. The van der Waals surface area contributed by atoms with Gasteiger partial charge in [0.25, 0.3) is 5.91 Å². The fourth-order valence-corrected chi connectivity index (χ4v) is 4.91. The Morgan fingerprint density at radius 1 is 1.29 bits per heavy atom. The first kappa shape index (κ1) is 18.1. The molecule has 1 saturated heterocycles. The number of carbonyl (C=O) groups excluding carboxylic acids is 1. The summed E-state index contributed by atoms with van der Waals surface area (Å²) in [5, 5.41) is 4.63. The van der Waals surface area contributed by atoms with Crippen molar-refractivity contribution in [3.63, 3.8) is 0 Å². The average Bonchev–Trinajstić information content (AvgIpc) is 3.27. The number of hydrogen-bond donors (Lipinski definition) is 0. The molecule has 3 fully saturated rings. The summed E-state index contributed by atoms with van der Waals surface area (Å²) >= 11 is 0. The van der Waals surface area contributed by atoms with Gasteiger partial charge in [0, 0.05) is 31.9 Å². The van der Waals surface area contributed by atoms with Gasteiger partial charge in [0.05, 0.1) is 11.5 Å². The molecule has 28 heavy (non-hydrogen) atoms. The van der Waals surface area contributed by atoms with E-state index in [0.29, 0.717) is 34.7 Å². The predicted molar refractivity (Wildman–Crippen MR) is 104 cm³/mol. The van der Waals surface area contributed by atoms with E-state index in [1.54, 1.807) is 6.20 Å². The smallest absolute Gasteiger partial charge is 0.293 e. The van der Waals surface area contributed by atoms with Crippen molar-refractivity contribution in [1.82, 2.24) is 19.9 Å². The number of rotatable bonds is 5. The predicted octanol–water partition coefficient (Wildman–Crippen LogP) is 2.43. The third kappa shape index (κ3) is 3.31. The lowest BCUT2D eigenvalue weighted by Crippen LogP contribution is -2.48. The molecule has 1 amide bonds. The van der Waals surface area contributed by atoms with Gasteiger partial charge in [-0.1, -0.05) is 5.16 Å². The van der Waals surface area contributed by atoms with Crippen LogP contribution in [0.3, 0.4) is 0 Å². The van der Waals surface area contributed by atoms with Gasteiger partial charge in [-0.3, -0.25) is 4.79 Å². The highest BCUT2D eigenvalue weighted by atomic mass is 16.5. The number of carbonyl (C=O) groups is 1. The van der Waals surface area contributed by atoms with Gasteiger partial charge in [-0.15, -0.1) is 0 Å². The molecule has 0 radical (unpaired) electrons. The Morgan fingerprint density at radius 3 is 2.82 bits per heavy atom. The van der Waals surface area contributed by atoms with Crippen molar-refractivity contribution in [1.29, 1.82) is 0 Å². The van der Waals surface area contributed by atoms with Crippen molar-refractivity contribution in [3.05, 3.63) is 24.1 Å². The number of likely N-dealkylation sites (tertiary alicyclic amines) is 1. The van der Waals surface area contributed by atoms with Crippen molar-refractivity contribution in [2.75, 3.05) is 33.8 Å². The summed E-state index contributed by atoms with van der Waals surface area (Å²) in [6.07, 6.45) is 6.66. The van der Waals surface area contributed by atoms with Gasteiger partial charge in [-0.05, 0) is 69.7 Å². The van der Waals surface area contributed by atoms with Crippen LogP contribution in [0.5, 0.6) is 0 Å². The number of likely N-dealkylation sites (N-methyl/N-ethyl adjacent to an activating group) is 1. The van der Waals surface area contributed by atoms with E-state index in [-0.39, 0.29) is 12.0 Å². The first-order chi connectivity index (χ1) is 13.6. The zero-order chi connectivity index (χ0) is 19.3. The lowest BCUT2D eigenvalue weighted by atomic mass is 9.77. The van der Waals surface area contributed by atoms with Gasteiger partial charge < -0.3 is 19.1 Å². The number of aromatic nitrogens is 2. The van der Waals surface area contributed by atoms with Crippen LogP contribution in [-0.2, 0) is 4.74 Å². The lowest BCUT2D eigenvalue weighted by Gasteiger charge is -2.41. The molecule has 2 aromatic rings. The van der Waals surface area contributed by atoms with E-state index in [9.17, 15) is 4.79 Å². The van der Waals surface area contributed by atoms with E-state index in [0.717, 1.165) is 38.5 Å². The van der Waals surface area contributed by atoms with Crippen LogP contribution in [0.15, 0.2) is 22.9 Å². The van der Waals surface area contributed by atoms with Crippen LogP contribution in [0.1, 0.15) is 36.2 Å². The number of fused-ring (bicyclic) bond motifs is 2. The van der Waals surface area contributed by atoms with Gasteiger partial charge in [-0.25, -0.2) is 4.98 Å². The highest BCUT2D eigenvalue weighted by Gasteiger charge is 2.45. The summed E-state index contributed by atoms with van der Waals surface area (Å²) in [5.74, 6) is 2.03. The van der Waals surface area contributed by atoms with E-state index in [4.69, 9.17) is 9.26 Å². The fourth-order valence-electron chi connectivity index (χ4n) is 4.91. The standard InChI is InChI=1S/C21H28N4O3/c1-24(2)17-8-14-10-25(11-15(14)9-18(17)27-12-13-5-6-13)21(26)19-16-4-3-7-22-20(16)23-28-19/h3-4,7,13-15,17-18H,5-6,8-12H2,1-2H3/t14-,15+,17-,18-/m1/s1. The molecule has 0 N–H and O–H groups in total.